The van der Waals surface area contributed by atoms with Crippen molar-refractivity contribution in [2.24, 2.45) is 5.92 Å². The van der Waals surface area contributed by atoms with E-state index in [4.69, 9.17) is 54.0 Å². The molecule has 0 bridgehead atoms. The molecule has 0 aliphatic carbocycles. The van der Waals surface area contributed by atoms with Crippen LogP contribution in [0.5, 0.6) is 11.5 Å². The van der Waals surface area contributed by atoms with Crippen LogP contribution in [-0.2, 0) is 59.0 Å². The first-order chi connectivity index (χ1) is 28.2. The van der Waals surface area contributed by atoms with Crippen LogP contribution in [0.25, 0.3) is 10.6 Å². The number of hydrogen-bond donors (Lipinski definition) is 2. The Labute approximate surface area is 350 Å². The lowest BCUT2D eigenvalue weighted by Gasteiger charge is -2.44. The number of likely N-dealkylation sites (tertiary alicyclic amines) is 1. The maximum Gasteiger partial charge on any atom is 0.303 e. The summed E-state index contributed by atoms with van der Waals surface area (Å²) in [5, 5.41) is 7.21. The van der Waals surface area contributed by atoms with Crippen LogP contribution in [0.4, 0.5) is 5.69 Å². The second-order valence-corrected chi connectivity index (χ2v) is 16.1. The van der Waals surface area contributed by atoms with Gasteiger partial charge in [-0.2, -0.15) is 0 Å². The third-order valence-corrected chi connectivity index (χ3v) is 10.8. The number of ether oxygens (including phenoxy) is 8. The molecule has 3 aromatic rings. The van der Waals surface area contributed by atoms with Crippen molar-refractivity contribution < 1.29 is 71.3 Å². The number of anilines is 1. The van der Waals surface area contributed by atoms with Gasteiger partial charge >= 0.3 is 23.9 Å². The van der Waals surface area contributed by atoms with Gasteiger partial charge in [0.05, 0.1) is 41.6 Å². The lowest BCUT2D eigenvalue weighted by Crippen LogP contribution is -3.16. The summed E-state index contributed by atoms with van der Waals surface area (Å²) in [4.78, 5) is 64.1. The van der Waals surface area contributed by atoms with Crippen LogP contribution in [0.2, 0.25) is 4.34 Å². The maximum atomic E-state index is 13.7. The molecule has 5 atom stereocenters. The van der Waals surface area contributed by atoms with Gasteiger partial charge in [-0.3, -0.25) is 24.0 Å². The Hall–Kier alpha value is -4.75. The third kappa shape index (κ3) is 13.1. The van der Waals surface area contributed by atoms with E-state index in [0.29, 0.717) is 39.0 Å². The molecule has 2 N–H and O–H groups in total. The van der Waals surface area contributed by atoms with E-state index in [1.807, 2.05) is 6.07 Å². The Bertz CT molecular complexity index is 1910. The van der Waals surface area contributed by atoms with E-state index in [0.717, 1.165) is 51.6 Å². The average Bonchev–Trinajstić information content (AvgIpc) is 3.84. The predicted molar refractivity (Wildman–Crippen MR) is 211 cm³/mol. The highest BCUT2D eigenvalue weighted by atomic mass is 35.5. The molecule has 0 saturated carbocycles. The number of quaternary nitrogens is 1. The summed E-state index contributed by atoms with van der Waals surface area (Å²) >= 11 is 7.46. The quantitative estimate of drug-likeness (QED) is 0.105. The molecule has 1 aromatic carbocycles. The van der Waals surface area contributed by atoms with Crippen molar-refractivity contribution in [2.75, 3.05) is 38.2 Å². The van der Waals surface area contributed by atoms with Gasteiger partial charge < -0.3 is 52.6 Å². The van der Waals surface area contributed by atoms with Crippen LogP contribution in [0.3, 0.4) is 0 Å². The molecule has 2 aliphatic heterocycles. The van der Waals surface area contributed by atoms with Crippen molar-refractivity contribution >= 4 is 58.4 Å². The Morgan fingerprint density at radius 1 is 0.881 bits per heavy atom. The highest BCUT2D eigenvalue weighted by Crippen LogP contribution is 2.37. The predicted octanol–water partition coefficient (Wildman–Crippen LogP) is 4.15. The van der Waals surface area contributed by atoms with Crippen LogP contribution < -0.4 is 19.7 Å². The van der Waals surface area contributed by atoms with Crippen molar-refractivity contribution in [1.29, 1.82) is 0 Å². The molecule has 19 heteroatoms. The molecule has 59 heavy (non-hydrogen) atoms. The average molecular weight is 865 g/mol. The minimum atomic E-state index is -1.36. The number of carbonyl (C=O) groups is 5. The van der Waals surface area contributed by atoms with E-state index in [1.54, 1.807) is 30.3 Å². The van der Waals surface area contributed by atoms with Gasteiger partial charge in [-0.1, -0.05) is 22.8 Å². The Balaban J connectivity index is 1.28. The van der Waals surface area contributed by atoms with E-state index < -0.39 is 54.6 Å². The zero-order valence-electron chi connectivity index (χ0n) is 33.8. The molecule has 2 saturated heterocycles. The number of para-hydroxylation sites is 1. The fourth-order valence-electron chi connectivity index (χ4n) is 6.79. The minimum absolute atomic E-state index is 0.0215. The topological polar surface area (TPSA) is 202 Å². The molecule has 4 heterocycles. The van der Waals surface area contributed by atoms with Crippen molar-refractivity contribution in [3.8, 4) is 22.1 Å². The first-order valence-electron chi connectivity index (χ1n) is 19.4. The van der Waals surface area contributed by atoms with Gasteiger partial charge in [-0.25, -0.2) is 0 Å². The number of carbonyl (C=O) groups excluding carboxylic acids is 5. The highest BCUT2D eigenvalue weighted by molar-refractivity contribution is 7.19. The van der Waals surface area contributed by atoms with Crippen LogP contribution in [0.15, 0.2) is 40.9 Å². The second kappa shape index (κ2) is 21.5. The summed E-state index contributed by atoms with van der Waals surface area (Å²) in [7, 11) is 0. The van der Waals surface area contributed by atoms with E-state index in [2.05, 4.69) is 24.3 Å². The van der Waals surface area contributed by atoms with Crippen molar-refractivity contribution in [1.82, 2.24) is 5.16 Å². The fraction of sp³-hybridized carbons (Fsp3) is 0.550. The number of hydrogen-bond acceptors (Lipinski definition) is 16. The van der Waals surface area contributed by atoms with E-state index in [9.17, 15) is 24.0 Å². The molecule has 17 nitrogen and oxygen atoms in total. The molecule has 322 valence electrons. The van der Waals surface area contributed by atoms with Crippen LogP contribution in [-0.4, -0.2) is 105 Å². The minimum Gasteiger partial charge on any atom is -0.491 e. The lowest BCUT2D eigenvalue weighted by atomic mass is 9.95. The number of amides is 1. The third-order valence-electron chi connectivity index (χ3n) is 9.58. The van der Waals surface area contributed by atoms with Gasteiger partial charge in [0.25, 0.3) is 0 Å². The van der Waals surface area contributed by atoms with Crippen LogP contribution >= 0.6 is 22.9 Å². The van der Waals surface area contributed by atoms with E-state index in [1.165, 1.54) is 23.2 Å². The number of aromatic nitrogens is 1. The number of nitrogens with zero attached hydrogens (tertiary/aromatic N) is 1. The summed E-state index contributed by atoms with van der Waals surface area (Å²) in [5.74, 6) is -1.94. The Morgan fingerprint density at radius 2 is 1.54 bits per heavy atom. The summed E-state index contributed by atoms with van der Waals surface area (Å²) in [6, 6.07) is 11.0. The van der Waals surface area contributed by atoms with Gasteiger partial charge in [0.1, 0.15) is 42.2 Å². The van der Waals surface area contributed by atoms with Gasteiger partial charge in [-0.05, 0) is 38.1 Å². The number of benzene rings is 1. The molecule has 0 spiro atoms. The van der Waals surface area contributed by atoms with Crippen LogP contribution in [0.1, 0.15) is 66.5 Å². The monoisotopic (exact) mass is 864 g/mol. The number of halogens is 1. The summed E-state index contributed by atoms with van der Waals surface area (Å²) in [6.45, 7) is 10.5. The molecule has 5 rings (SSSR count). The van der Waals surface area contributed by atoms with E-state index in [-0.39, 0.29) is 44.7 Å². The van der Waals surface area contributed by atoms with Crippen molar-refractivity contribution in [3.63, 3.8) is 0 Å². The normalized spacial score (nSPS) is 22.9. The lowest BCUT2D eigenvalue weighted by molar-refractivity contribution is -0.926. The fourth-order valence-corrected chi connectivity index (χ4v) is 7.78. The number of nitrogens with one attached hydrogen (secondary N) is 2. The maximum absolute atomic E-state index is 13.7. The molecule has 2 aromatic heterocycles. The zero-order chi connectivity index (χ0) is 42.6. The van der Waals surface area contributed by atoms with Crippen LogP contribution in [0, 0.1) is 5.92 Å². The SMILES string of the molecule is CC(=O)OC[C@H]1O[C@@H](OCCCOc2cccc(OCc3cc(-c4ccc(Cl)s4)on3)c2NC(=O)C2CC[NH+](C(C)C)CC2)[C@H](OC(C)=O)[C@@H](OC(C)=O)[C@@H]1OC(C)=O. The van der Waals surface area contributed by atoms with E-state index >= 15 is 0 Å². The second-order valence-electron chi connectivity index (χ2n) is 14.4. The number of piperidine rings is 1. The van der Waals surface area contributed by atoms with Gasteiger partial charge in [0.15, 0.2) is 30.4 Å². The molecular formula is C40H51ClN3O14S+. The molecule has 2 aliphatic rings. The zero-order valence-corrected chi connectivity index (χ0v) is 35.4. The molecular weight excluding hydrogens is 814 g/mol. The number of thiophene rings is 1. The van der Waals surface area contributed by atoms with Gasteiger partial charge in [-0.15, -0.1) is 11.3 Å². The standard InChI is InChI=1S/C40H50ClN3O14S/c1-22(2)44-15-13-27(14-16-44)39(49)42-35-29(9-7-10-30(35)53-20-28-19-31(58-43-28)33-11-12-34(41)59-33)50-17-8-18-51-40-38(56-26(6)48)37(55-25(5)47)36(54-24(4)46)32(57-40)21-52-23(3)45/h7,9-12,19,22,27,32,36-38,40H,8,13-18,20-21H2,1-6H3,(H,42,49)/p+1/t32-,36-,37+,38-,40-/m1/s1. The Morgan fingerprint density at radius 3 is 2.17 bits per heavy atom. The molecule has 0 unspecified atom stereocenters. The summed E-state index contributed by atoms with van der Waals surface area (Å²) < 4.78 is 52.1. The highest BCUT2D eigenvalue weighted by Gasteiger charge is 2.52. The van der Waals surface area contributed by atoms with Gasteiger partial charge in [0.2, 0.25) is 5.91 Å². The van der Waals surface area contributed by atoms with Crippen molar-refractivity contribution in [2.45, 2.75) is 104 Å². The number of rotatable bonds is 18. The molecule has 1 amide bonds. The molecule has 0 radical (unpaired) electrons. The first-order valence-corrected chi connectivity index (χ1v) is 20.5. The first kappa shape index (κ1) is 45.3. The summed E-state index contributed by atoms with van der Waals surface area (Å²) in [5.41, 5.74) is 0.877. The smallest absolute Gasteiger partial charge is 0.303 e. The number of esters is 4. The Kier molecular flexibility index (Phi) is 16.5. The largest absolute Gasteiger partial charge is 0.491 e. The van der Waals surface area contributed by atoms with Crippen molar-refractivity contribution in [3.05, 3.63) is 46.4 Å². The van der Waals surface area contributed by atoms with Gasteiger partial charge in [0, 0.05) is 58.9 Å². The summed E-state index contributed by atoms with van der Waals surface area (Å²) in [6.07, 6.45) is -4.76. The molecule has 2 fully saturated rings.